The van der Waals surface area contributed by atoms with Gasteiger partial charge in [0.05, 0.1) is 23.4 Å². The van der Waals surface area contributed by atoms with Crippen molar-refractivity contribution in [2.45, 2.75) is 32.2 Å². The molecule has 0 bridgehead atoms. The van der Waals surface area contributed by atoms with Gasteiger partial charge in [0.15, 0.2) is 0 Å². The number of aryl methyl sites for hydroxylation is 1. The van der Waals surface area contributed by atoms with Crippen LogP contribution in [-0.4, -0.2) is 50.2 Å². The van der Waals surface area contributed by atoms with Gasteiger partial charge < -0.3 is 10.2 Å². The number of aliphatic hydroxyl groups is 2. The summed E-state index contributed by atoms with van der Waals surface area (Å²) in [5.41, 5.74) is 2.15. The number of rotatable bonds is 3. The smallest absolute Gasteiger partial charge is 0.0938 e. The van der Waals surface area contributed by atoms with Gasteiger partial charge in [0.1, 0.15) is 0 Å². The van der Waals surface area contributed by atoms with Crippen LogP contribution in [0.3, 0.4) is 0 Å². The van der Waals surface area contributed by atoms with Crippen LogP contribution in [0.1, 0.15) is 12.6 Å². The Morgan fingerprint density at radius 1 is 1.21 bits per heavy atom. The van der Waals surface area contributed by atoms with Crippen LogP contribution in [0, 0.1) is 0 Å². The molecule has 102 valence electrons. The number of benzene rings is 1. The number of aromatic nitrogens is 2. The van der Waals surface area contributed by atoms with Gasteiger partial charge in [0.2, 0.25) is 0 Å². The summed E-state index contributed by atoms with van der Waals surface area (Å²) < 4.78 is 1.99. The highest BCUT2D eigenvalue weighted by Gasteiger charge is 2.30. The second kappa shape index (κ2) is 4.92. The number of β-amino-alcohol motifs (C(OH)–C–C–N with tert-alkyl or cyclic N) is 2. The van der Waals surface area contributed by atoms with E-state index in [1.807, 2.05) is 21.7 Å². The molecule has 0 amide bonds. The molecule has 1 aromatic heterocycles. The van der Waals surface area contributed by atoms with Crippen LogP contribution < -0.4 is 0 Å². The topological polar surface area (TPSA) is 61.5 Å². The van der Waals surface area contributed by atoms with Crippen LogP contribution in [0.2, 0.25) is 0 Å². The molecule has 3 rings (SSSR count). The summed E-state index contributed by atoms with van der Waals surface area (Å²) in [5.74, 6) is 0. The maximum atomic E-state index is 9.59. The minimum atomic E-state index is -0.639. The maximum Gasteiger partial charge on any atom is 0.0938 e. The minimum absolute atomic E-state index is 0.508. The Hall–Kier alpha value is -1.43. The summed E-state index contributed by atoms with van der Waals surface area (Å²) >= 11 is 0. The molecule has 0 unspecified atom stereocenters. The summed E-state index contributed by atoms with van der Waals surface area (Å²) in [6.45, 7) is 4.60. The highest BCUT2D eigenvalue weighted by Crippen LogP contribution is 2.21. The number of hydrogen-bond donors (Lipinski definition) is 2. The zero-order valence-electron chi connectivity index (χ0n) is 11.0. The summed E-state index contributed by atoms with van der Waals surface area (Å²) in [4.78, 5) is 2.05. The predicted octanol–water partition coefficient (Wildman–Crippen LogP) is 0.594. The normalized spacial score (nSPS) is 24.4. The van der Waals surface area contributed by atoms with Gasteiger partial charge in [-0.05, 0) is 13.0 Å². The van der Waals surface area contributed by atoms with Crippen molar-refractivity contribution in [1.29, 1.82) is 0 Å². The summed E-state index contributed by atoms with van der Waals surface area (Å²) in [5, 5.41) is 25.0. The van der Waals surface area contributed by atoms with Gasteiger partial charge in [-0.15, -0.1) is 0 Å². The Kier molecular flexibility index (Phi) is 3.26. The molecule has 1 aliphatic heterocycles. The molecule has 1 fully saturated rings. The molecule has 2 N–H and O–H groups in total. The molecule has 1 aliphatic rings. The Morgan fingerprint density at radius 2 is 1.89 bits per heavy atom. The Labute approximate surface area is 112 Å². The van der Waals surface area contributed by atoms with E-state index in [2.05, 4.69) is 24.2 Å². The van der Waals surface area contributed by atoms with Crippen molar-refractivity contribution in [2.24, 2.45) is 0 Å². The fourth-order valence-corrected chi connectivity index (χ4v) is 2.74. The average Bonchev–Trinajstić information content (AvgIpc) is 2.92. The van der Waals surface area contributed by atoms with E-state index in [-0.39, 0.29) is 0 Å². The second-order valence-corrected chi connectivity index (χ2v) is 5.11. The van der Waals surface area contributed by atoms with Crippen LogP contribution in [0.25, 0.3) is 10.9 Å². The van der Waals surface area contributed by atoms with Crippen LogP contribution in [0.15, 0.2) is 24.3 Å². The van der Waals surface area contributed by atoms with Crippen LogP contribution in [0.5, 0.6) is 0 Å². The monoisotopic (exact) mass is 261 g/mol. The van der Waals surface area contributed by atoms with Crippen LogP contribution >= 0.6 is 0 Å². The number of aliphatic hydroxyl groups excluding tert-OH is 2. The highest BCUT2D eigenvalue weighted by atomic mass is 16.3. The minimum Gasteiger partial charge on any atom is -0.389 e. The first-order chi connectivity index (χ1) is 9.19. The maximum absolute atomic E-state index is 9.59. The molecule has 19 heavy (non-hydrogen) atoms. The van der Waals surface area contributed by atoms with Gasteiger partial charge >= 0.3 is 0 Å². The van der Waals surface area contributed by atoms with E-state index in [0.717, 1.165) is 23.1 Å². The average molecular weight is 261 g/mol. The molecule has 5 heteroatoms. The van der Waals surface area contributed by atoms with E-state index in [4.69, 9.17) is 0 Å². The van der Waals surface area contributed by atoms with Crippen molar-refractivity contribution >= 4 is 10.9 Å². The molecule has 0 radical (unpaired) electrons. The third-order valence-corrected chi connectivity index (χ3v) is 3.74. The largest absolute Gasteiger partial charge is 0.389 e. The Balaban J connectivity index is 1.89. The summed E-state index contributed by atoms with van der Waals surface area (Å²) in [6.07, 6.45) is -1.28. The van der Waals surface area contributed by atoms with Crippen molar-refractivity contribution in [3.05, 3.63) is 30.0 Å². The van der Waals surface area contributed by atoms with Crippen molar-refractivity contribution in [3.63, 3.8) is 0 Å². The van der Waals surface area contributed by atoms with Crippen LogP contribution in [-0.2, 0) is 13.1 Å². The molecule has 1 aromatic carbocycles. The molecular formula is C14H19N3O2. The summed E-state index contributed by atoms with van der Waals surface area (Å²) in [6, 6.07) is 8.18. The number of nitrogens with zero attached hydrogens (tertiary/aromatic N) is 3. The zero-order chi connectivity index (χ0) is 13.4. The number of para-hydroxylation sites is 1. The molecule has 0 aliphatic carbocycles. The fraction of sp³-hybridized carbons (Fsp3) is 0.500. The van der Waals surface area contributed by atoms with Gasteiger partial charge in [-0.3, -0.25) is 9.58 Å². The lowest BCUT2D eigenvalue weighted by atomic mass is 10.2. The predicted molar refractivity (Wildman–Crippen MR) is 72.7 cm³/mol. The van der Waals surface area contributed by atoms with E-state index >= 15 is 0 Å². The third-order valence-electron chi connectivity index (χ3n) is 3.74. The quantitative estimate of drug-likeness (QED) is 0.849. The molecule has 2 heterocycles. The van der Waals surface area contributed by atoms with Gasteiger partial charge in [-0.1, -0.05) is 18.2 Å². The Bertz CT molecular complexity index is 571. The lowest BCUT2D eigenvalue weighted by Crippen LogP contribution is -2.22. The van der Waals surface area contributed by atoms with E-state index in [9.17, 15) is 10.2 Å². The third kappa shape index (κ3) is 2.25. The number of likely N-dealkylation sites (tertiary alicyclic amines) is 1. The van der Waals surface area contributed by atoms with Crippen molar-refractivity contribution in [2.75, 3.05) is 13.1 Å². The number of hydrogen-bond acceptors (Lipinski definition) is 4. The standard InChI is InChI=1S/C14H19N3O2/c1-2-17-12-6-4-3-5-10(12)11(15-17)7-16-8-13(18)14(19)9-16/h3-6,13-14,18-19H,2,7-9H2,1H3/t13-,14+. The van der Waals surface area contributed by atoms with E-state index in [0.29, 0.717) is 19.6 Å². The highest BCUT2D eigenvalue weighted by molar-refractivity contribution is 5.81. The van der Waals surface area contributed by atoms with E-state index in [1.165, 1.54) is 0 Å². The van der Waals surface area contributed by atoms with Crippen molar-refractivity contribution in [1.82, 2.24) is 14.7 Å². The van der Waals surface area contributed by atoms with Gasteiger partial charge in [0, 0.05) is 31.6 Å². The lowest BCUT2D eigenvalue weighted by molar-refractivity contribution is 0.0572. The molecule has 2 aromatic rings. The lowest BCUT2D eigenvalue weighted by Gasteiger charge is -2.12. The molecule has 2 atom stereocenters. The zero-order valence-corrected chi connectivity index (χ0v) is 11.0. The molecule has 0 spiro atoms. The fourth-order valence-electron chi connectivity index (χ4n) is 2.74. The molecule has 1 saturated heterocycles. The van der Waals surface area contributed by atoms with E-state index < -0.39 is 12.2 Å². The van der Waals surface area contributed by atoms with Gasteiger partial charge in [-0.2, -0.15) is 5.10 Å². The van der Waals surface area contributed by atoms with Crippen molar-refractivity contribution < 1.29 is 10.2 Å². The SMILES string of the molecule is CCn1nc(CN2C[C@@H](O)[C@@H](O)C2)c2ccccc21. The first-order valence-corrected chi connectivity index (χ1v) is 6.72. The molecule has 0 saturated carbocycles. The first kappa shape index (κ1) is 12.6. The first-order valence-electron chi connectivity index (χ1n) is 6.72. The second-order valence-electron chi connectivity index (χ2n) is 5.11. The summed E-state index contributed by atoms with van der Waals surface area (Å²) in [7, 11) is 0. The van der Waals surface area contributed by atoms with Crippen LogP contribution in [0.4, 0.5) is 0 Å². The van der Waals surface area contributed by atoms with Gasteiger partial charge in [-0.25, -0.2) is 0 Å². The number of fused-ring (bicyclic) bond motifs is 1. The van der Waals surface area contributed by atoms with Crippen molar-refractivity contribution in [3.8, 4) is 0 Å². The molecular weight excluding hydrogens is 242 g/mol. The van der Waals surface area contributed by atoms with Gasteiger partial charge in [0.25, 0.3) is 0 Å². The molecule has 5 nitrogen and oxygen atoms in total. The van der Waals surface area contributed by atoms with E-state index in [1.54, 1.807) is 0 Å². The Morgan fingerprint density at radius 3 is 2.58 bits per heavy atom.